The van der Waals surface area contributed by atoms with Gasteiger partial charge in [-0.15, -0.1) is 6.58 Å². The van der Waals surface area contributed by atoms with E-state index in [1.807, 2.05) is 60.7 Å². The Morgan fingerprint density at radius 2 is 1.49 bits per heavy atom. The Morgan fingerprint density at radius 3 is 2.02 bits per heavy atom. The van der Waals surface area contributed by atoms with E-state index in [9.17, 15) is 15.4 Å². The lowest BCUT2D eigenvalue weighted by molar-refractivity contribution is -0.394. The fourth-order valence-electron chi connectivity index (χ4n) is 5.91. The van der Waals surface area contributed by atoms with Crippen molar-refractivity contribution in [2.75, 3.05) is 19.8 Å². The van der Waals surface area contributed by atoms with E-state index in [0.29, 0.717) is 0 Å². The van der Waals surface area contributed by atoms with Gasteiger partial charge < -0.3 is 47.7 Å². The molecule has 6 rings (SSSR count). The molecule has 0 amide bonds. The van der Waals surface area contributed by atoms with Crippen LogP contribution in [0.4, 0.5) is 0 Å². The van der Waals surface area contributed by atoms with Crippen molar-refractivity contribution >= 4 is 5.97 Å². The Morgan fingerprint density at radius 1 is 0.933 bits per heavy atom. The molecule has 45 heavy (non-hydrogen) atoms. The van der Waals surface area contributed by atoms with Crippen LogP contribution in [0.1, 0.15) is 30.6 Å². The first kappa shape index (κ1) is 31.6. The van der Waals surface area contributed by atoms with Gasteiger partial charge >= 0.3 is 5.97 Å². The molecule has 14 heteroatoms. The number of aliphatic hydroxyl groups is 1. The fraction of sp³-hybridized carbons (Fsp3) is 0.516. The molecule has 240 valence electrons. The summed E-state index contributed by atoms with van der Waals surface area (Å²) >= 11 is 0. The van der Waals surface area contributed by atoms with Gasteiger partial charge in [0.2, 0.25) is 0 Å². The van der Waals surface area contributed by atoms with Gasteiger partial charge in [0.05, 0.1) is 19.8 Å². The number of rotatable bonds is 9. The molecule has 0 aliphatic carbocycles. The third-order valence-electron chi connectivity index (χ3n) is 7.91. The van der Waals surface area contributed by atoms with Crippen LogP contribution in [0, 0.1) is 0 Å². The number of aliphatic hydroxyl groups excluding tert-OH is 1. The van der Waals surface area contributed by atoms with Crippen LogP contribution in [0.2, 0.25) is 0 Å². The predicted octanol–water partition coefficient (Wildman–Crippen LogP) is 3.22. The molecule has 4 aliphatic rings. The van der Waals surface area contributed by atoms with Crippen molar-refractivity contribution in [1.29, 1.82) is 0 Å². The van der Waals surface area contributed by atoms with E-state index in [2.05, 4.69) is 16.6 Å². The SMILES string of the molecule is C=CCO[C@@H]1O[C@@H]2CO[C@H](c3ccccc3)O[C@@H]2[C@H](O[C@@H]2O[C@@H]3CO[C@H](c4ccccc4)O[C@@H]3[C@H](OC(C)=O)[C@H]2N=[N+]=[N-])[C@H]1O. The Balaban J connectivity index is 1.28. The van der Waals surface area contributed by atoms with Crippen molar-refractivity contribution in [3.05, 3.63) is 94.9 Å². The highest BCUT2D eigenvalue weighted by molar-refractivity contribution is 5.66. The van der Waals surface area contributed by atoms with Crippen LogP contribution in [0.5, 0.6) is 0 Å². The number of hydrogen-bond donors (Lipinski definition) is 1. The average molecular weight is 626 g/mol. The van der Waals surface area contributed by atoms with Gasteiger partial charge in [0.25, 0.3) is 0 Å². The molecule has 4 aliphatic heterocycles. The quantitative estimate of drug-likeness (QED) is 0.143. The van der Waals surface area contributed by atoms with Crippen LogP contribution in [0.15, 0.2) is 78.4 Å². The first-order valence-electron chi connectivity index (χ1n) is 14.7. The maximum absolute atomic E-state index is 12.3. The van der Waals surface area contributed by atoms with E-state index in [0.717, 1.165) is 11.1 Å². The van der Waals surface area contributed by atoms with E-state index in [-0.39, 0.29) is 19.8 Å². The third kappa shape index (κ3) is 6.90. The highest BCUT2D eigenvalue weighted by Gasteiger charge is 2.56. The minimum Gasteiger partial charge on any atom is -0.459 e. The molecule has 1 N–H and O–H groups in total. The van der Waals surface area contributed by atoms with Gasteiger partial charge in [0.1, 0.15) is 48.8 Å². The Bertz CT molecular complexity index is 1350. The lowest BCUT2D eigenvalue weighted by Gasteiger charge is -2.51. The smallest absolute Gasteiger partial charge is 0.303 e. The van der Waals surface area contributed by atoms with Gasteiger partial charge in [-0.3, -0.25) is 4.79 Å². The molecule has 4 heterocycles. The number of azide groups is 1. The molecule has 0 saturated carbocycles. The average Bonchev–Trinajstić information content (AvgIpc) is 3.07. The second-order valence-corrected chi connectivity index (χ2v) is 10.9. The summed E-state index contributed by atoms with van der Waals surface area (Å²) in [6, 6.07) is 17.3. The van der Waals surface area contributed by atoms with Crippen LogP contribution in [-0.4, -0.2) is 92.2 Å². The molecule has 14 nitrogen and oxygen atoms in total. The van der Waals surface area contributed by atoms with Gasteiger partial charge in [-0.2, -0.15) is 0 Å². The zero-order valence-corrected chi connectivity index (χ0v) is 24.5. The van der Waals surface area contributed by atoms with Gasteiger partial charge in [-0.1, -0.05) is 71.9 Å². The largest absolute Gasteiger partial charge is 0.459 e. The van der Waals surface area contributed by atoms with Crippen molar-refractivity contribution < 1.29 is 52.5 Å². The van der Waals surface area contributed by atoms with Crippen molar-refractivity contribution in [1.82, 2.24) is 0 Å². The molecule has 0 aromatic heterocycles. The Kier molecular flexibility index (Phi) is 10.1. The zero-order valence-electron chi connectivity index (χ0n) is 24.5. The Hall–Kier alpha value is -3.40. The number of fused-ring (bicyclic) bond motifs is 2. The number of benzene rings is 2. The summed E-state index contributed by atoms with van der Waals surface area (Å²) in [5.74, 6) is -0.619. The summed E-state index contributed by atoms with van der Waals surface area (Å²) in [7, 11) is 0. The van der Waals surface area contributed by atoms with Gasteiger partial charge in [-0.25, -0.2) is 0 Å². The summed E-state index contributed by atoms with van der Waals surface area (Å²) in [6.45, 7) is 5.16. The molecule has 2 aromatic carbocycles. The molecule has 0 spiro atoms. The highest BCUT2D eigenvalue weighted by Crippen LogP contribution is 2.40. The maximum atomic E-state index is 12.3. The van der Waals surface area contributed by atoms with Crippen LogP contribution in [-0.2, 0) is 47.4 Å². The van der Waals surface area contributed by atoms with Gasteiger partial charge in [0.15, 0.2) is 25.2 Å². The number of carbonyl (C=O) groups excluding carboxylic acids is 1. The first-order chi connectivity index (χ1) is 22.0. The number of carbonyl (C=O) groups is 1. The normalized spacial score (nSPS) is 37.7. The second kappa shape index (κ2) is 14.4. The molecule has 12 atom stereocenters. The molecule has 4 fully saturated rings. The van der Waals surface area contributed by atoms with E-state index in [1.54, 1.807) is 0 Å². The van der Waals surface area contributed by atoms with E-state index in [4.69, 9.17) is 42.6 Å². The molecule has 0 unspecified atom stereocenters. The maximum Gasteiger partial charge on any atom is 0.303 e. The summed E-state index contributed by atoms with van der Waals surface area (Å²) in [5, 5.41) is 15.4. The lowest BCUT2D eigenvalue weighted by Crippen LogP contribution is -2.67. The van der Waals surface area contributed by atoms with Crippen molar-refractivity contribution in [3.63, 3.8) is 0 Å². The molecule has 4 saturated heterocycles. The Labute approximate surface area is 259 Å². The number of esters is 1. The molecular weight excluding hydrogens is 590 g/mol. The highest BCUT2D eigenvalue weighted by atomic mass is 16.8. The van der Waals surface area contributed by atoms with Crippen LogP contribution in [0.3, 0.4) is 0 Å². The minimum atomic E-state index is -1.37. The minimum absolute atomic E-state index is 0.0543. The zero-order chi connectivity index (χ0) is 31.3. The van der Waals surface area contributed by atoms with Gasteiger partial charge in [0, 0.05) is 23.0 Å². The van der Waals surface area contributed by atoms with E-state index in [1.165, 1.54) is 13.0 Å². The number of nitrogens with zero attached hydrogens (tertiary/aromatic N) is 3. The predicted molar refractivity (Wildman–Crippen MR) is 153 cm³/mol. The van der Waals surface area contributed by atoms with Crippen LogP contribution >= 0.6 is 0 Å². The van der Waals surface area contributed by atoms with E-state index >= 15 is 0 Å². The molecule has 2 aromatic rings. The standard InChI is InChI=1S/C31H35N3O11/c1-3-14-37-31-23(36)27(25-21(42-31)16-39-29(44-25)19-12-8-5-9-13-19)45-30-22(33-34-32)26(40-17(2)35)24-20(41-30)15-38-28(43-24)18-10-6-4-7-11-18/h3-13,20-31,36H,1,14-16H2,2H3/t20-,21-,22-,23-,24+,25+,26-,27-,28+,29+,30+,31-/m1/s1. The topological polar surface area (TPSA) is 169 Å². The van der Waals surface area contributed by atoms with Gasteiger partial charge in [-0.05, 0) is 5.53 Å². The molecular formula is C31H35N3O11. The summed E-state index contributed by atoms with van der Waals surface area (Å²) in [6.07, 6.45) is -9.25. The third-order valence-corrected chi connectivity index (χ3v) is 7.91. The van der Waals surface area contributed by atoms with Crippen LogP contribution < -0.4 is 0 Å². The lowest BCUT2D eigenvalue weighted by atomic mass is 9.94. The second-order valence-electron chi connectivity index (χ2n) is 10.9. The van der Waals surface area contributed by atoms with Crippen molar-refractivity contribution in [3.8, 4) is 0 Å². The molecule has 0 radical (unpaired) electrons. The number of hydrogen-bond acceptors (Lipinski definition) is 12. The van der Waals surface area contributed by atoms with Crippen molar-refractivity contribution in [2.24, 2.45) is 5.11 Å². The fourth-order valence-corrected chi connectivity index (χ4v) is 5.91. The summed E-state index contributed by atoms with van der Waals surface area (Å²) in [5.41, 5.74) is 11.1. The monoisotopic (exact) mass is 625 g/mol. The van der Waals surface area contributed by atoms with Crippen molar-refractivity contribution in [2.45, 2.75) is 80.9 Å². The van der Waals surface area contributed by atoms with Crippen LogP contribution in [0.25, 0.3) is 10.4 Å². The first-order valence-corrected chi connectivity index (χ1v) is 14.7. The summed E-state index contributed by atoms with van der Waals surface area (Å²) in [4.78, 5) is 15.3. The number of ether oxygens (including phenoxy) is 9. The van der Waals surface area contributed by atoms with E-state index < -0.39 is 79.9 Å². The summed E-state index contributed by atoms with van der Waals surface area (Å²) < 4.78 is 54.6. The molecule has 0 bridgehead atoms.